The molecule has 0 fully saturated rings. The highest BCUT2D eigenvalue weighted by atomic mass is 16.1. The van der Waals surface area contributed by atoms with Crippen molar-refractivity contribution in [1.82, 2.24) is 15.3 Å². The third kappa shape index (κ3) is 4.09. The van der Waals surface area contributed by atoms with Crippen LogP contribution in [0.25, 0.3) is 22.2 Å². The van der Waals surface area contributed by atoms with E-state index in [1.165, 1.54) is 0 Å². The zero-order chi connectivity index (χ0) is 20.2. The zero-order valence-electron chi connectivity index (χ0n) is 16.5. The van der Waals surface area contributed by atoms with Crippen LogP contribution in [0.2, 0.25) is 0 Å². The first-order valence-electron chi connectivity index (χ1n) is 9.46. The lowest BCUT2D eigenvalue weighted by atomic mass is 10.0. The van der Waals surface area contributed by atoms with Crippen LogP contribution in [0.1, 0.15) is 15.9 Å². The van der Waals surface area contributed by atoms with Gasteiger partial charge in [-0.25, -0.2) is 4.98 Å². The molecular formula is C24H22N4O. The molecule has 1 N–H and O–H groups in total. The van der Waals surface area contributed by atoms with Crippen LogP contribution in [0.3, 0.4) is 0 Å². The quantitative estimate of drug-likeness (QED) is 0.559. The first-order valence-corrected chi connectivity index (χ1v) is 9.46. The van der Waals surface area contributed by atoms with Crippen LogP contribution >= 0.6 is 0 Å². The summed E-state index contributed by atoms with van der Waals surface area (Å²) in [6.07, 6.45) is 3.45. The second kappa shape index (κ2) is 8.10. The molecule has 0 bridgehead atoms. The monoisotopic (exact) mass is 382 g/mol. The average molecular weight is 382 g/mol. The Kier molecular flexibility index (Phi) is 5.20. The predicted octanol–water partition coefficient (Wildman–Crippen LogP) is 4.29. The smallest absolute Gasteiger partial charge is 0.252 e. The van der Waals surface area contributed by atoms with Crippen LogP contribution in [0, 0.1) is 0 Å². The summed E-state index contributed by atoms with van der Waals surface area (Å²) in [7, 11) is 4.00. The third-order valence-electron chi connectivity index (χ3n) is 4.82. The minimum atomic E-state index is -0.117. The number of pyridine rings is 2. The van der Waals surface area contributed by atoms with Gasteiger partial charge < -0.3 is 10.2 Å². The molecule has 144 valence electrons. The maximum Gasteiger partial charge on any atom is 0.252 e. The molecule has 2 aromatic carbocycles. The van der Waals surface area contributed by atoms with E-state index >= 15 is 0 Å². The van der Waals surface area contributed by atoms with Crippen molar-refractivity contribution in [2.24, 2.45) is 0 Å². The topological polar surface area (TPSA) is 58.1 Å². The van der Waals surface area contributed by atoms with E-state index in [2.05, 4.69) is 16.4 Å². The molecule has 5 nitrogen and oxygen atoms in total. The van der Waals surface area contributed by atoms with E-state index in [4.69, 9.17) is 4.98 Å². The molecule has 0 saturated heterocycles. The highest BCUT2D eigenvalue weighted by Gasteiger charge is 2.14. The van der Waals surface area contributed by atoms with E-state index in [1.807, 2.05) is 79.7 Å². The fourth-order valence-electron chi connectivity index (χ4n) is 3.26. The maximum atomic E-state index is 13.1. The van der Waals surface area contributed by atoms with Crippen LogP contribution in [0.4, 0.5) is 5.69 Å². The molecule has 29 heavy (non-hydrogen) atoms. The Labute approximate surface area is 170 Å². The van der Waals surface area contributed by atoms with Crippen LogP contribution in [0.15, 0.2) is 79.1 Å². The molecule has 2 heterocycles. The molecule has 0 atom stereocenters. The van der Waals surface area contributed by atoms with Gasteiger partial charge in [-0.15, -0.1) is 0 Å². The summed E-state index contributed by atoms with van der Waals surface area (Å²) in [4.78, 5) is 23.9. The minimum Gasteiger partial charge on any atom is -0.378 e. The number of aromatic nitrogens is 2. The van der Waals surface area contributed by atoms with Crippen molar-refractivity contribution in [3.63, 3.8) is 0 Å². The molecular weight excluding hydrogens is 360 g/mol. The first kappa shape index (κ1) is 18.6. The summed E-state index contributed by atoms with van der Waals surface area (Å²) in [5, 5.41) is 3.89. The Hall–Kier alpha value is -3.73. The van der Waals surface area contributed by atoms with Gasteiger partial charge in [0.05, 0.1) is 16.8 Å². The molecule has 0 aliphatic rings. The van der Waals surface area contributed by atoms with Gasteiger partial charge in [-0.3, -0.25) is 9.78 Å². The third-order valence-corrected chi connectivity index (χ3v) is 4.82. The van der Waals surface area contributed by atoms with Gasteiger partial charge >= 0.3 is 0 Å². The number of rotatable bonds is 5. The minimum absolute atomic E-state index is 0.117. The second-order valence-corrected chi connectivity index (χ2v) is 7.06. The van der Waals surface area contributed by atoms with E-state index in [1.54, 1.807) is 12.4 Å². The van der Waals surface area contributed by atoms with Crippen LogP contribution in [-0.2, 0) is 6.54 Å². The van der Waals surface area contributed by atoms with Crippen LogP contribution < -0.4 is 10.2 Å². The standard InChI is InChI=1S/C24H22N4O/c1-28(2)19-7-5-6-17(14-19)16-26-24(29)21-15-23(18-10-12-25-13-11-18)27-22-9-4-3-8-20(21)22/h3-15H,16H2,1-2H3,(H,26,29). The van der Waals surface area contributed by atoms with Crippen molar-refractivity contribution in [1.29, 1.82) is 0 Å². The summed E-state index contributed by atoms with van der Waals surface area (Å²) in [5.74, 6) is -0.117. The first-order chi connectivity index (χ1) is 14.1. The van der Waals surface area contributed by atoms with E-state index in [-0.39, 0.29) is 5.91 Å². The lowest BCUT2D eigenvalue weighted by molar-refractivity contribution is 0.0952. The summed E-state index contributed by atoms with van der Waals surface area (Å²) in [5.41, 5.74) is 5.25. The Morgan fingerprint density at radius 2 is 1.76 bits per heavy atom. The molecule has 0 radical (unpaired) electrons. The van der Waals surface area contributed by atoms with E-state index in [0.29, 0.717) is 12.1 Å². The van der Waals surface area contributed by atoms with Crippen LogP contribution in [-0.4, -0.2) is 30.0 Å². The molecule has 4 aromatic rings. The van der Waals surface area contributed by atoms with Crippen molar-refractivity contribution < 1.29 is 4.79 Å². The summed E-state index contributed by atoms with van der Waals surface area (Å²) < 4.78 is 0. The number of anilines is 1. The Bertz CT molecular complexity index is 1160. The lowest BCUT2D eigenvalue weighted by Crippen LogP contribution is -2.23. The van der Waals surface area contributed by atoms with Gasteiger partial charge in [0, 0.05) is 49.7 Å². The Balaban J connectivity index is 1.65. The van der Waals surface area contributed by atoms with E-state index in [0.717, 1.165) is 33.4 Å². The summed E-state index contributed by atoms with van der Waals surface area (Å²) in [6.45, 7) is 0.460. The highest BCUT2D eigenvalue weighted by Crippen LogP contribution is 2.24. The van der Waals surface area contributed by atoms with E-state index < -0.39 is 0 Å². The number of hydrogen-bond acceptors (Lipinski definition) is 4. The van der Waals surface area contributed by atoms with Crippen LogP contribution in [0.5, 0.6) is 0 Å². The summed E-state index contributed by atoms with van der Waals surface area (Å²) >= 11 is 0. The van der Waals surface area contributed by atoms with Gasteiger partial charge in [-0.1, -0.05) is 30.3 Å². The number of para-hydroxylation sites is 1. The average Bonchev–Trinajstić information content (AvgIpc) is 2.77. The normalized spacial score (nSPS) is 10.7. The Morgan fingerprint density at radius 3 is 2.55 bits per heavy atom. The van der Waals surface area contributed by atoms with Crippen molar-refractivity contribution in [2.45, 2.75) is 6.54 Å². The van der Waals surface area contributed by atoms with Gasteiger partial charge in [-0.05, 0) is 42.0 Å². The molecule has 0 unspecified atom stereocenters. The molecule has 0 saturated carbocycles. The molecule has 0 spiro atoms. The highest BCUT2D eigenvalue weighted by molar-refractivity contribution is 6.07. The number of hydrogen-bond donors (Lipinski definition) is 1. The van der Waals surface area contributed by atoms with Crippen molar-refractivity contribution >= 4 is 22.5 Å². The van der Waals surface area contributed by atoms with Gasteiger partial charge in [0.1, 0.15) is 0 Å². The number of carbonyl (C=O) groups is 1. The van der Waals surface area contributed by atoms with E-state index in [9.17, 15) is 4.79 Å². The predicted molar refractivity (Wildman–Crippen MR) is 117 cm³/mol. The molecule has 0 aliphatic heterocycles. The van der Waals surface area contributed by atoms with Gasteiger partial charge in [0.2, 0.25) is 0 Å². The van der Waals surface area contributed by atoms with Crippen molar-refractivity contribution in [3.8, 4) is 11.3 Å². The number of nitrogens with zero attached hydrogens (tertiary/aromatic N) is 3. The lowest BCUT2D eigenvalue weighted by Gasteiger charge is -2.14. The SMILES string of the molecule is CN(C)c1cccc(CNC(=O)c2cc(-c3ccncc3)nc3ccccc23)c1. The largest absolute Gasteiger partial charge is 0.378 e. The van der Waals surface area contributed by atoms with Gasteiger partial charge in [0.15, 0.2) is 0 Å². The maximum absolute atomic E-state index is 13.1. The summed E-state index contributed by atoms with van der Waals surface area (Å²) in [6, 6.07) is 21.5. The number of amides is 1. The number of benzene rings is 2. The number of nitrogens with one attached hydrogen (secondary N) is 1. The molecule has 5 heteroatoms. The molecule has 0 aliphatic carbocycles. The molecule has 1 amide bonds. The number of fused-ring (bicyclic) bond motifs is 1. The molecule has 4 rings (SSSR count). The van der Waals surface area contributed by atoms with Gasteiger partial charge in [0.25, 0.3) is 5.91 Å². The number of carbonyl (C=O) groups excluding carboxylic acids is 1. The molecule has 2 aromatic heterocycles. The van der Waals surface area contributed by atoms with Crippen molar-refractivity contribution in [3.05, 3.63) is 90.3 Å². The fraction of sp³-hybridized carbons (Fsp3) is 0.125. The Morgan fingerprint density at radius 1 is 0.966 bits per heavy atom. The second-order valence-electron chi connectivity index (χ2n) is 7.06. The zero-order valence-corrected chi connectivity index (χ0v) is 16.5. The fourth-order valence-corrected chi connectivity index (χ4v) is 3.26. The van der Waals surface area contributed by atoms with Crippen molar-refractivity contribution in [2.75, 3.05) is 19.0 Å². The van der Waals surface area contributed by atoms with Gasteiger partial charge in [-0.2, -0.15) is 0 Å².